The number of aromatic nitrogens is 3. The molecule has 9 nitrogen and oxygen atoms in total. The van der Waals surface area contributed by atoms with Gasteiger partial charge in [-0.25, -0.2) is 9.18 Å². The number of halogens is 6. The molecular weight excluding hydrogens is 500 g/mol. The number of amides is 1. The molecule has 2 aromatic heterocycles. The first kappa shape index (κ1) is 25.1. The fourth-order valence-corrected chi connectivity index (χ4v) is 3.26. The van der Waals surface area contributed by atoms with Gasteiger partial charge < -0.3 is 14.2 Å². The molecule has 4 rings (SSSR count). The van der Waals surface area contributed by atoms with E-state index in [9.17, 15) is 31.5 Å². The maximum atomic E-state index is 15.3. The Bertz CT molecular complexity index is 1230. The van der Waals surface area contributed by atoms with E-state index >= 15 is 4.39 Å². The van der Waals surface area contributed by atoms with Crippen molar-refractivity contribution in [1.29, 1.82) is 0 Å². The van der Waals surface area contributed by atoms with Gasteiger partial charge in [0.25, 0.3) is 11.8 Å². The minimum absolute atomic E-state index is 0.203. The summed E-state index contributed by atoms with van der Waals surface area (Å²) in [4.78, 5) is 33.2. The average molecular weight is 515 g/mol. The zero-order valence-electron chi connectivity index (χ0n) is 18.0. The van der Waals surface area contributed by atoms with Gasteiger partial charge in [0.1, 0.15) is 0 Å². The van der Waals surface area contributed by atoms with Gasteiger partial charge in [-0.15, -0.1) is 15.3 Å². The van der Waals surface area contributed by atoms with E-state index in [2.05, 4.69) is 20.0 Å². The van der Waals surface area contributed by atoms with Gasteiger partial charge in [-0.05, 0) is 24.3 Å². The summed E-state index contributed by atoms with van der Waals surface area (Å²) in [6.07, 6.45) is -6.98. The summed E-state index contributed by atoms with van der Waals surface area (Å²) in [7, 11) is 0. The Morgan fingerprint density at radius 1 is 1.11 bits per heavy atom. The number of para-hydroxylation sites is 1. The van der Waals surface area contributed by atoms with Gasteiger partial charge >= 0.3 is 18.6 Å². The number of benzene rings is 1. The predicted octanol–water partition coefficient (Wildman–Crippen LogP) is 3.65. The number of nitrogens with zero attached hydrogens (tertiary/aromatic N) is 5. The molecule has 1 aliphatic heterocycles. The molecule has 1 aliphatic rings. The predicted molar refractivity (Wildman–Crippen MR) is 108 cm³/mol. The van der Waals surface area contributed by atoms with E-state index in [1.54, 1.807) is 18.2 Å². The molecule has 0 saturated carbocycles. The van der Waals surface area contributed by atoms with E-state index in [0.717, 1.165) is 4.90 Å². The molecule has 1 amide bonds. The topological polar surface area (TPSA) is 102 Å². The molecule has 3 aromatic rings. The normalized spacial score (nSPS) is 15.4. The van der Waals surface area contributed by atoms with Crippen molar-refractivity contribution in [1.82, 2.24) is 20.2 Å². The smallest absolute Gasteiger partial charge is 0.415 e. The van der Waals surface area contributed by atoms with Gasteiger partial charge in [0.15, 0.2) is 0 Å². The summed E-state index contributed by atoms with van der Waals surface area (Å²) in [6, 6.07) is 10.7. The van der Waals surface area contributed by atoms with Crippen LogP contribution in [0.25, 0.3) is 11.5 Å². The number of anilines is 1. The standard InChI is InChI=1S/C21H15F6N5O4/c22-15(23)17-30-29-16(35-17)12-6-7-13(28-8-12)9-32(14-4-2-1-3-5-14)18(33)20(24)10-31(11-20)36-19(34)21(25,26)27/h1-8,15H,9-11H2. The number of rotatable bonds is 7. The lowest BCUT2D eigenvalue weighted by molar-refractivity contribution is -0.269. The molecule has 36 heavy (non-hydrogen) atoms. The Morgan fingerprint density at radius 2 is 1.81 bits per heavy atom. The van der Waals surface area contributed by atoms with Crippen LogP contribution in [-0.2, 0) is 21.0 Å². The first-order valence-electron chi connectivity index (χ1n) is 10.1. The lowest BCUT2D eigenvalue weighted by Gasteiger charge is -2.43. The fraction of sp³-hybridized carbons (Fsp3) is 0.286. The van der Waals surface area contributed by atoms with Crippen LogP contribution >= 0.6 is 0 Å². The largest absolute Gasteiger partial charge is 0.492 e. The Kier molecular flexibility index (Phi) is 6.67. The minimum Gasteiger partial charge on any atom is -0.415 e. The van der Waals surface area contributed by atoms with Crippen LogP contribution in [0.3, 0.4) is 0 Å². The molecule has 0 atom stereocenters. The quantitative estimate of drug-likeness (QED) is 0.440. The minimum atomic E-state index is -5.27. The highest BCUT2D eigenvalue weighted by molar-refractivity contribution is 6.00. The first-order valence-corrected chi connectivity index (χ1v) is 10.1. The molecule has 0 unspecified atom stereocenters. The number of hydrogen-bond donors (Lipinski definition) is 0. The molecule has 1 fully saturated rings. The monoisotopic (exact) mass is 515 g/mol. The van der Waals surface area contributed by atoms with Crippen LogP contribution < -0.4 is 4.90 Å². The zero-order chi connectivity index (χ0) is 26.1. The molecule has 0 spiro atoms. The fourth-order valence-electron chi connectivity index (χ4n) is 3.26. The summed E-state index contributed by atoms with van der Waals surface area (Å²) >= 11 is 0. The van der Waals surface area contributed by atoms with Gasteiger partial charge in [0.2, 0.25) is 11.6 Å². The summed E-state index contributed by atoms with van der Waals surface area (Å²) in [5.41, 5.74) is -1.88. The van der Waals surface area contributed by atoms with Gasteiger partial charge in [-0.1, -0.05) is 18.2 Å². The van der Waals surface area contributed by atoms with Gasteiger partial charge in [0.05, 0.1) is 30.9 Å². The Morgan fingerprint density at radius 3 is 2.36 bits per heavy atom. The van der Waals surface area contributed by atoms with Crippen LogP contribution in [0, 0.1) is 0 Å². The maximum Gasteiger partial charge on any atom is 0.492 e. The van der Waals surface area contributed by atoms with Crippen molar-refractivity contribution >= 4 is 17.6 Å². The number of pyridine rings is 1. The van der Waals surface area contributed by atoms with Crippen molar-refractivity contribution in [2.24, 2.45) is 0 Å². The third-order valence-electron chi connectivity index (χ3n) is 5.01. The lowest BCUT2D eigenvalue weighted by Crippen LogP contribution is -2.67. The molecule has 0 N–H and O–H groups in total. The van der Waals surface area contributed by atoms with Gasteiger partial charge in [-0.3, -0.25) is 9.78 Å². The number of alkyl halides is 6. The van der Waals surface area contributed by atoms with Crippen LogP contribution in [0.5, 0.6) is 0 Å². The van der Waals surface area contributed by atoms with E-state index in [1.807, 2.05) is 0 Å². The van der Waals surface area contributed by atoms with Crippen LogP contribution in [0.2, 0.25) is 0 Å². The molecule has 0 radical (unpaired) electrons. The van der Waals surface area contributed by atoms with Crippen molar-refractivity contribution in [3.63, 3.8) is 0 Å². The lowest BCUT2D eigenvalue weighted by atomic mass is 9.96. The van der Waals surface area contributed by atoms with Crippen LogP contribution in [0.15, 0.2) is 53.1 Å². The van der Waals surface area contributed by atoms with E-state index in [1.165, 1.54) is 30.5 Å². The maximum absolute atomic E-state index is 15.3. The average Bonchev–Trinajstić information content (AvgIpc) is 3.32. The Labute approximate surface area is 198 Å². The summed E-state index contributed by atoms with van der Waals surface area (Å²) in [6.45, 7) is -2.04. The van der Waals surface area contributed by atoms with E-state index in [0.29, 0.717) is 5.06 Å². The summed E-state index contributed by atoms with van der Waals surface area (Å²) in [5, 5.41) is 7.13. The highest BCUT2D eigenvalue weighted by atomic mass is 19.4. The molecule has 0 aliphatic carbocycles. The van der Waals surface area contributed by atoms with Crippen LogP contribution in [-0.4, -0.2) is 57.1 Å². The Hall–Kier alpha value is -4.01. The van der Waals surface area contributed by atoms with Crippen molar-refractivity contribution in [2.45, 2.75) is 24.8 Å². The van der Waals surface area contributed by atoms with E-state index in [4.69, 9.17) is 4.42 Å². The second kappa shape index (κ2) is 9.56. The summed E-state index contributed by atoms with van der Waals surface area (Å²) < 4.78 is 82.5. The molecule has 190 valence electrons. The second-order valence-electron chi connectivity index (χ2n) is 7.65. The molecule has 15 heteroatoms. The first-order chi connectivity index (χ1) is 17.0. The van der Waals surface area contributed by atoms with Crippen molar-refractivity contribution in [3.05, 3.63) is 60.2 Å². The van der Waals surface area contributed by atoms with Crippen LogP contribution in [0.4, 0.5) is 32.0 Å². The van der Waals surface area contributed by atoms with Crippen molar-refractivity contribution in [3.8, 4) is 11.5 Å². The second-order valence-corrected chi connectivity index (χ2v) is 7.65. The molecule has 0 bridgehead atoms. The highest BCUT2D eigenvalue weighted by Gasteiger charge is 2.56. The van der Waals surface area contributed by atoms with Crippen LogP contribution in [0.1, 0.15) is 18.0 Å². The number of carbonyl (C=O) groups is 2. The third-order valence-corrected chi connectivity index (χ3v) is 5.01. The van der Waals surface area contributed by atoms with Crippen molar-refractivity contribution < 1.29 is 45.2 Å². The number of hydroxylamine groups is 2. The number of carbonyl (C=O) groups excluding carboxylic acids is 2. The Balaban J connectivity index is 1.49. The molecule has 1 aromatic carbocycles. The van der Waals surface area contributed by atoms with E-state index in [-0.39, 0.29) is 29.4 Å². The van der Waals surface area contributed by atoms with E-state index < -0.39 is 49.1 Å². The summed E-state index contributed by atoms with van der Waals surface area (Å²) in [5.74, 6) is -4.68. The van der Waals surface area contributed by atoms with Gasteiger partial charge in [-0.2, -0.15) is 22.0 Å². The molecule has 3 heterocycles. The third kappa shape index (κ3) is 5.30. The molecule has 1 saturated heterocycles. The highest BCUT2D eigenvalue weighted by Crippen LogP contribution is 2.32. The zero-order valence-corrected chi connectivity index (χ0v) is 18.0. The van der Waals surface area contributed by atoms with Crippen molar-refractivity contribution in [2.75, 3.05) is 18.0 Å². The molecular formula is C21H15F6N5O4. The van der Waals surface area contributed by atoms with Gasteiger partial charge in [0, 0.05) is 11.9 Å². The number of hydrogen-bond acceptors (Lipinski definition) is 8. The SMILES string of the molecule is O=C(ON1CC(F)(C(=O)N(Cc2ccc(-c3nnc(C(F)F)o3)cn2)c2ccccc2)C1)C(F)(F)F.